The number of rotatable bonds is 9. The molecule has 2 heterocycles. The van der Waals surface area contributed by atoms with Crippen molar-refractivity contribution in [1.82, 2.24) is 15.6 Å². The summed E-state index contributed by atoms with van der Waals surface area (Å²) in [6.07, 6.45) is 3.45. The van der Waals surface area contributed by atoms with E-state index >= 15 is 0 Å². The second kappa shape index (κ2) is 12.9. The molecule has 0 bridgehead atoms. The molecular weight excluding hydrogens is 489 g/mol. The van der Waals surface area contributed by atoms with Crippen molar-refractivity contribution in [3.8, 4) is 0 Å². The fraction of sp³-hybridized carbons (Fsp3) is 0.304. The Kier molecular flexibility index (Phi) is 10.2. The van der Waals surface area contributed by atoms with Gasteiger partial charge in [-0.2, -0.15) is 0 Å². The Morgan fingerprint density at radius 3 is 2.40 bits per heavy atom. The van der Waals surface area contributed by atoms with E-state index in [1.165, 1.54) is 5.56 Å². The van der Waals surface area contributed by atoms with Gasteiger partial charge >= 0.3 is 0 Å². The van der Waals surface area contributed by atoms with Crippen LogP contribution in [0.3, 0.4) is 0 Å². The highest BCUT2D eigenvalue weighted by atomic mass is 127. The van der Waals surface area contributed by atoms with Gasteiger partial charge < -0.3 is 20.0 Å². The Morgan fingerprint density at radius 2 is 1.70 bits per heavy atom. The molecule has 0 saturated heterocycles. The molecule has 0 spiro atoms. The first-order chi connectivity index (χ1) is 14.2. The molecule has 0 fully saturated rings. The standard InChI is InChI=1S/C23H29N5O.HI/c1-28(2)22-12-6-10-20(27-22)18-26-23(25-16-14-21-11-7-17-29-21)24-15-13-19-8-4-3-5-9-19;/h3-12,17H,13-16,18H2,1-2H3,(H2,24,25,26);1H. The third kappa shape index (κ3) is 8.06. The number of benzene rings is 1. The molecule has 0 unspecified atom stereocenters. The minimum Gasteiger partial charge on any atom is -0.469 e. The summed E-state index contributed by atoms with van der Waals surface area (Å²) in [4.78, 5) is 11.4. The van der Waals surface area contributed by atoms with Crippen molar-refractivity contribution in [1.29, 1.82) is 0 Å². The summed E-state index contributed by atoms with van der Waals surface area (Å²) in [6.45, 7) is 2.07. The maximum absolute atomic E-state index is 5.40. The van der Waals surface area contributed by atoms with E-state index in [0.29, 0.717) is 6.54 Å². The molecule has 0 radical (unpaired) electrons. The molecule has 0 aliphatic rings. The number of nitrogens with one attached hydrogen (secondary N) is 2. The number of guanidine groups is 1. The number of aliphatic imine (C=N–C) groups is 1. The lowest BCUT2D eigenvalue weighted by molar-refractivity contribution is 0.506. The minimum absolute atomic E-state index is 0. The Balaban J connectivity index is 0.00000320. The number of nitrogens with zero attached hydrogens (tertiary/aromatic N) is 3. The second-order valence-corrected chi connectivity index (χ2v) is 6.96. The third-order valence-corrected chi connectivity index (χ3v) is 4.44. The molecule has 0 amide bonds. The summed E-state index contributed by atoms with van der Waals surface area (Å²) < 4.78 is 5.40. The summed E-state index contributed by atoms with van der Waals surface area (Å²) in [5, 5.41) is 6.82. The first kappa shape index (κ1) is 23.7. The average molecular weight is 519 g/mol. The highest BCUT2D eigenvalue weighted by Gasteiger charge is 2.03. The normalized spacial score (nSPS) is 10.9. The van der Waals surface area contributed by atoms with Crippen molar-refractivity contribution in [3.63, 3.8) is 0 Å². The Morgan fingerprint density at radius 1 is 0.933 bits per heavy atom. The van der Waals surface area contributed by atoms with Gasteiger partial charge in [0.1, 0.15) is 11.6 Å². The summed E-state index contributed by atoms with van der Waals surface area (Å²) in [7, 11) is 3.98. The lowest BCUT2D eigenvalue weighted by atomic mass is 10.1. The molecule has 7 heteroatoms. The number of pyridine rings is 1. The Labute approximate surface area is 195 Å². The molecule has 6 nitrogen and oxygen atoms in total. The van der Waals surface area contributed by atoms with Crippen LogP contribution in [0.4, 0.5) is 5.82 Å². The van der Waals surface area contributed by atoms with Crippen LogP contribution in [0.25, 0.3) is 0 Å². The van der Waals surface area contributed by atoms with Gasteiger partial charge in [-0.15, -0.1) is 24.0 Å². The quantitative estimate of drug-likeness (QED) is 0.255. The monoisotopic (exact) mass is 519 g/mol. The molecule has 0 aliphatic heterocycles. The smallest absolute Gasteiger partial charge is 0.191 e. The molecule has 2 N–H and O–H groups in total. The van der Waals surface area contributed by atoms with Gasteiger partial charge in [0, 0.05) is 33.6 Å². The van der Waals surface area contributed by atoms with E-state index in [4.69, 9.17) is 9.41 Å². The van der Waals surface area contributed by atoms with E-state index in [1.54, 1.807) is 6.26 Å². The second-order valence-electron chi connectivity index (χ2n) is 6.96. The van der Waals surface area contributed by atoms with Crippen molar-refractivity contribution in [3.05, 3.63) is 83.9 Å². The molecule has 3 rings (SSSR count). The predicted octanol–water partition coefficient (Wildman–Crippen LogP) is 3.88. The fourth-order valence-corrected chi connectivity index (χ4v) is 2.87. The van der Waals surface area contributed by atoms with Crippen molar-refractivity contribution in [2.24, 2.45) is 4.99 Å². The molecule has 160 valence electrons. The van der Waals surface area contributed by atoms with Crippen LogP contribution in [0.2, 0.25) is 0 Å². The largest absolute Gasteiger partial charge is 0.469 e. The highest BCUT2D eigenvalue weighted by Crippen LogP contribution is 2.08. The molecule has 0 aliphatic carbocycles. The van der Waals surface area contributed by atoms with Crippen molar-refractivity contribution >= 4 is 35.8 Å². The molecule has 0 atom stereocenters. The topological polar surface area (TPSA) is 65.7 Å². The van der Waals surface area contributed by atoms with Crippen LogP contribution in [0.5, 0.6) is 0 Å². The van der Waals surface area contributed by atoms with E-state index < -0.39 is 0 Å². The number of furan rings is 1. The van der Waals surface area contributed by atoms with E-state index in [0.717, 1.165) is 49.2 Å². The third-order valence-electron chi connectivity index (χ3n) is 4.44. The van der Waals surface area contributed by atoms with Gasteiger partial charge in [0.25, 0.3) is 0 Å². The van der Waals surface area contributed by atoms with Crippen molar-refractivity contribution < 1.29 is 4.42 Å². The van der Waals surface area contributed by atoms with E-state index in [-0.39, 0.29) is 24.0 Å². The number of hydrogen-bond acceptors (Lipinski definition) is 4. The van der Waals surface area contributed by atoms with Crippen LogP contribution >= 0.6 is 24.0 Å². The van der Waals surface area contributed by atoms with Crippen molar-refractivity contribution in [2.45, 2.75) is 19.4 Å². The van der Waals surface area contributed by atoms with Crippen molar-refractivity contribution in [2.75, 3.05) is 32.1 Å². The number of hydrogen-bond donors (Lipinski definition) is 2. The van der Waals surface area contributed by atoms with E-state index in [1.807, 2.05) is 55.4 Å². The highest BCUT2D eigenvalue weighted by molar-refractivity contribution is 14.0. The molecular formula is C23H30IN5O. The first-order valence-corrected chi connectivity index (χ1v) is 9.92. The molecule has 3 aromatic rings. The van der Waals surface area contributed by atoms with E-state index in [2.05, 4.69) is 39.9 Å². The van der Waals surface area contributed by atoms with Crippen LogP contribution in [0, 0.1) is 0 Å². The van der Waals surface area contributed by atoms with E-state index in [9.17, 15) is 0 Å². The minimum atomic E-state index is 0. The molecule has 1 aromatic carbocycles. The summed E-state index contributed by atoms with van der Waals surface area (Å²) in [6, 6.07) is 20.3. The lowest BCUT2D eigenvalue weighted by Crippen LogP contribution is -2.39. The zero-order valence-corrected chi connectivity index (χ0v) is 19.9. The average Bonchev–Trinajstić information content (AvgIpc) is 3.26. The summed E-state index contributed by atoms with van der Waals surface area (Å²) in [5.41, 5.74) is 2.24. The number of anilines is 1. The van der Waals surface area contributed by atoms with Gasteiger partial charge in [-0.1, -0.05) is 36.4 Å². The van der Waals surface area contributed by atoms with Gasteiger partial charge in [0.05, 0.1) is 18.5 Å². The van der Waals surface area contributed by atoms with Crippen LogP contribution in [-0.4, -0.2) is 38.1 Å². The zero-order chi connectivity index (χ0) is 20.3. The number of halogens is 1. The van der Waals surface area contributed by atoms with Gasteiger partial charge in [0.15, 0.2) is 5.96 Å². The Bertz CT molecular complexity index is 882. The summed E-state index contributed by atoms with van der Waals surface area (Å²) >= 11 is 0. The predicted molar refractivity (Wildman–Crippen MR) is 134 cm³/mol. The van der Waals surface area contributed by atoms with Gasteiger partial charge in [0.2, 0.25) is 0 Å². The summed E-state index contributed by atoms with van der Waals surface area (Å²) in [5.74, 6) is 2.67. The van der Waals surface area contributed by atoms with Crippen LogP contribution < -0.4 is 15.5 Å². The van der Waals surface area contributed by atoms with Crippen LogP contribution in [-0.2, 0) is 19.4 Å². The van der Waals surface area contributed by atoms with Gasteiger partial charge in [-0.3, -0.25) is 0 Å². The van der Waals surface area contributed by atoms with Crippen LogP contribution in [0.15, 0.2) is 76.3 Å². The van der Waals surface area contributed by atoms with Gasteiger partial charge in [-0.25, -0.2) is 9.98 Å². The molecule has 2 aromatic heterocycles. The fourth-order valence-electron chi connectivity index (χ4n) is 2.87. The first-order valence-electron chi connectivity index (χ1n) is 9.92. The maximum atomic E-state index is 5.40. The Hall–Kier alpha value is -2.55. The molecule has 0 saturated carbocycles. The zero-order valence-electron chi connectivity index (χ0n) is 17.5. The maximum Gasteiger partial charge on any atom is 0.191 e. The lowest BCUT2D eigenvalue weighted by Gasteiger charge is -2.14. The molecule has 30 heavy (non-hydrogen) atoms. The van der Waals surface area contributed by atoms with Gasteiger partial charge in [-0.05, 0) is 36.2 Å². The number of aromatic nitrogens is 1. The SMILES string of the molecule is CN(C)c1cccc(CN=C(NCCc2ccccc2)NCCc2ccco2)n1.I. The van der Waals surface area contributed by atoms with Crippen LogP contribution in [0.1, 0.15) is 17.0 Å².